The van der Waals surface area contributed by atoms with Gasteiger partial charge in [0.2, 0.25) is 0 Å². The van der Waals surface area contributed by atoms with Gasteiger partial charge in [0.05, 0.1) is 5.69 Å². The van der Waals surface area contributed by atoms with E-state index >= 15 is 0 Å². The molecule has 140 valence electrons. The third kappa shape index (κ3) is 4.43. The predicted molar refractivity (Wildman–Crippen MR) is 108 cm³/mol. The van der Waals surface area contributed by atoms with Crippen molar-refractivity contribution in [3.05, 3.63) is 78.4 Å². The zero-order valence-corrected chi connectivity index (χ0v) is 15.9. The number of para-hydroxylation sites is 1. The Bertz CT molecular complexity index is 823. The molecule has 5 nitrogen and oxygen atoms in total. The summed E-state index contributed by atoms with van der Waals surface area (Å²) in [6, 6.07) is 15.4. The average molecular weight is 361 g/mol. The van der Waals surface area contributed by atoms with E-state index in [1.165, 1.54) is 24.0 Å². The molecule has 0 atom stereocenters. The molecule has 0 unspecified atom stereocenters. The molecule has 1 fully saturated rings. The SMILES string of the molecule is CN1CCC(N(Cc2ccncc2)Cc2ccccc2-n2cccn2)CC1. The van der Waals surface area contributed by atoms with Crippen molar-refractivity contribution in [3.63, 3.8) is 0 Å². The van der Waals surface area contributed by atoms with Crippen molar-refractivity contribution in [2.45, 2.75) is 32.0 Å². The lowest BCUT2D eigenvalue weighted by Crippen LogP contribution is -2.43. The van der Waals surface area contributed by atoms with E-state index in [0.717, 1.165) is 31.9 Å². The van der Waals surface area contributed by atoms with E-state index in [1.807, 2.05) is 35.5 Å². The van der Waals surface area contributed by atoms with Crippen LogP contribution < -0.4 is 0 Å². The molecule has 27 heavy (non-hydrogen) atoms. The van der Waals surface area contributed by atoms with Crippen molar-refractivity contribution in [2.24, 2.45) is 0 Å². The highest BCUT2D eigenvalue weighted by Crippen LogP contribution is 2.23. The summed E-state index contributed by atoms with van der Waals surface area (Å²) in [5.74, 6) is 0. The molecular weight excluding hydrogens is 334 g/mol. The molecule has 1 aromatic carbocycles. The summed E-state index contributed by atoms with van der Waals surface area (Å²) < 4.78 is 1.97. The van der Waals surface area contributed by atoms with Gasteiger partial charge in [0.25, 0.3) is 0 Å². The number of piperidine rings is 1. The minimum atomic E-state index is 0.597. The molecule has 0 radical (unpaired) electrons. The van der Waals surface area contributed by atoms with Crippen LogP contribution in [0.25, 0.3) is 5.69 Å². The molecule has 1 aliphatic rings. The maximum absolute atomic E-state index is 4.44. The molecule has 1 aliphatic heterocycles. The van der Waals surface area contributed by atoms with Crippen LogP contribution in [-0.2, 0) is 13.1 Å². The largest absolute Gasteiger partial charge is 0.306 e. The predicted octanol–water partition coefficient (Wildman–Crippen LogP) is 3.36. The lowest BCUT2D eigenvalue weighted by Gasteiger charge is -2.37. The summed E-state index contributed by atoms with van der Waals surface area (Å²) in [6.45, 7) is 4.20. The number of rotatable bonds is 6. The fraction of sp³-hybridized carbons (Fsp3) is 0.364. The maximum atomic E-state index is 4.44. The summed E-state index contributed by atoms with van der Waals surface area (Å²) in [6.07, 6.45) is 10.1. The van der Waals surface area contributed by atoms with Gasteiger partial charge < -0.3 is 4.90 Å². The molecule has 0 bridgehead atoms. The zero-order chi connectivity index (χ0) is 18.5. The van der Waals surface area contributed by atoms with Crippen molar-refractivity contribution in [1.29, 1.82) is 0 Å². The van der Waals surface area contributed by atoms with Gasteiger partial charge in [0.1, 0.15) is 0 Å². The summed E-state index contributed by atoms with van der Waals surface area (Å²) in [7, 11) is 2.22. The molecule has 0 N–H and O–H groups in total. The minimum Gasteiger partial charge on any atom is -0.306 e. The van der Waals surface area contributed by atoms with Crippen LogP contribution in [0.5, 0.6) is 0 Å². The molecule has 0 spiro atoms. The van der Waals surface area contributed by atoms with E-state index in [-0.39, 0.29) is 0 Å². The molecule has 4 rings (SSSR count). The molecule has 0 saturated carbocycles. The van der Waals surface area contributed by atoms with Gasteiger partial charge in [-0.25, -0.2) is 4.68 Å². The second kappa shape index (κ2) is 8.46. The first-order valence-electron chi connectivity index (χ1n) is 9.69. The highest BCUT2D eigenvalue weighted by Gasteiger charge is 2.24. The van der Waals surface area contributed by atoms with Crippen LogP contribution in [0.4, 0.5) is 0 Å². The Morgan fingerprint density at radius 3 is 2.48 bits per heavy atom. The molecule has 5 heteroatoms. The van der Waals surface area contributed by atoms with Crippen LogP contribution in [-0.4, -0.2) is 50.7 Å². The quantitative estimate of drug-likeness (QED) is 0.675. The van der Waals surface area contributed by atoms with Crippen LogP contribution in [0.15, 0.2) is 67.3 Å². The van der Waals surface area contributed by atoms with Gasteiger partial charge >= 0.3 is 0 Å². The lowest BCUT2D eigenvalue weighted by molar-refractivity contribution is 0.108. The highest BCUT2D eigenvalue weighted by molar-refractivity contribution is 5.40. The third-order valence-electron chi connectivity index (χ3n) is 5.46. The average Bonchev–Trinajstić information content (AvgIpc) is 3.24. The van der Waals surface area contributed by atoms with Gasteiger partial charge in [-0.1, -0.05) is 18.2 Å². The zero-order valence-electron chi connectivity index (χ0n) is 15.9. The van der Waals surface area contributed by atoms with Gasteiger partial charge in [-0.2, -0.15) is 5.10 Å². The smallest absolute Gasteiger partial charge is 0.0690 e. The molecule has 0 aliphatic carbocycles. The Labute approximate surface area is 161 Å². The first kappa shape index (κ1) is 17.9. The number of benzene rings is 1. The summed E-state index contributed by atoms with van der Waals surface area (Å²) in [4.78, 5) is 9.23. The fourth-order valence-electron chi connectivity index (χ4n) is 3.90. The number of likely N-dealkylation sites (tertiary alicyclic amines) is 1. The van der Waals surface area contributed by atoms with E-state index in [9.17, 15) is 0 Å². The van der Waals surface area contributed by atoms with E-state index < -0.39 is 0 Å². The van der Waals surface area contributed by atoms with Gasteiger partial charge in [-0.3, -0.25) is 9.88 Å². The summed E-state index contributed by atoms with van der Waals surface area (Å²) in [5.41, 5.74) is 3.80. The van der Waals surface area contributed by atoms with E-state index in [1.54, 1.807) is 0 Å². The standard InChI is InChI=1S/C22H27N5/c1-25-15-9-21(10-16-25)26(17-19-7-12-23-13-8-19)18-20-5-2-3-6-22(20)27-14-4-11-24-27/h2-8,11-14,21H,9-10,15-18H2,1H3. The Hall–Kier alpha value is -2.50. The normalized spacial score (nSPS) is 16.1. The monoisotopic (exact) mass is 361 g/mol. The number of hydrogen-bond acceptors (Lipinski definition) is 4. The molecule has 2 aromatic heterocycles. The second-order valence-corrected chi connectivity index (χ2v) is 7.37. The maximum Gasteiger partial charge on any atom is 0.0690 e. The summed E-state index contributed by atoms with van der Waals surface area (Å²) >= 11 is 0. The molecule has 3 aromatic rings. The fourth-order valence-corrected chi connectivity index (χ4v) is 3.90. The van der Waals surface area contributed by atoms with Gasteiger partial charge in [0.15, 0.2) is 0 Å². The number of aromatic nitrogens is 3. The molecule has 0 amide bonds. The van der Waals surface area contributed by atoms with Crippen LogP contribution >= 0.6 is 0 Å². The van der Waals surface area contributed by atoms with Crippen molar-refractivity contribution in [1.82, 2.24) is 24.6 Å². The lowest BCUT2D eigenvalue weighted by atomic mass is 10.0. The Balaban J connectivity index is 1.59. The van der Waals surface area contributed by atoms with Crippen molar-refractivity contribution in [3.8, 4) is 5.69 Å². The van der Waals surface area contributed by atoms with E-state index in [2.05, 4.69) is 63.3 Å². The van der Waals surface area contributed by atoms with Crippen LogP contribution in [0.2, 0.25) is 0 Å². The molecule has 3 heterocycles. The first-order valence-corrected chi connectivity index (χ1v) is 9.69. The molecule has 1 saturated heterocycles. The van der Waals surface area contributed by atoms with Crippen molar-refractivity contribution < 1.29 is 0 Å². The Kier molecular flexibility index (Phi) is 5.61. The van der Waals surface area contributed by atoms with Crippen LogP contribution in [0, 0.1) is 0 Å². The highest BCUT2D eigenvalue weighted by atomic mass is 15.3. The minimum absolute atomic E-state index is 0.597. The Morgan fingerprint density at radius 1 is 0.963 bits per heavy atom. The van der Waals surface area contributed by atoms with Crippen molar-refractivity contribution >= 4 is 0 Å². The first-order chi connectivity index (χ1) is 13.3. The van der Waals surface area contributed by atoms with Crippen LogP contribution in [0.3, 0.4) is 0 Å². The van der Waals surface area contributed by atoms with E-state index in [4.69, 9.17) is 0 Å². The Morgan fingerprint density at radius 2 is 1.74 bits per heavy atom. The second-order valence-electron chi connectivity index (χ2n) is 7.37. The van der Waals surface area contributed by atoms with Gasteiger partial charge in [-0.05, 0) is 68.4 Å². The summed E-state index contributed by atoms with van der Waals surface area (Å²) in [5, 5.41) is 4.44. The number of hydrogen-bond donors (Lipinski definition) is 0. The number of nitrogens with zero attached hydrogens (tertiary/aromatic N) is 5. The van der Waals surface area contributed by atoms with E-state index in [0.29, 0.717) is 6.04 Å². The van der Waals surface area contributed by atoms with Gasteiger partial charge in [-0.15, -0.1) is 0 Å². The van der Waals surface area contributed by atoms with Crippen LogP contribution in [0.1, 0.15) is 24.0 Å². The number of pyridine rings is 1. The third-order valence-corrected chi connectivity index (χ3v) is 5.46. The van der Waals surface area contributed by atoms with Crippen molar-refractivity contribution in [2.75, 3.05) is 20.1 Å². The topological polar surface area (TPSA) is 37.2 Å². The van der Waals surface area contributed by atoms with Gasteiger partial charge in [0, 0.05) is 43.9 Å². The molecular formula is C22H27N5.